The van der Waals surface area contributed by atoms with Gasteiger partial charge in [-0.2, -0.15) is 0 Å². The molecule has 2 aromatic heterocycles. The minimum absolute atomic E-state index is 0.465. The number of furan rings is 1. The number of rotatable bonds is 6. The molecule has 0 spiro atoms. The van der Waals surface area contributed by atoms with Crippen molar-refractivity contribution < 1.29 is 4.42 Å². The van der Waals surface area contributed by atoms with Gasteiger partial charge in [-0.25, -0.2) is 0 Å². The highest BCUT2D eigenvalue weighted by atomic mass is 32.1. The maximum Gasteiger partial charge on any atom is 0.136 e. The van der Waals surface area contributed by atoms with Gasteiger partial charge in [-0.05, 0) is 111 Å². The van der Waals surface area contributed by atoms with Crippen LogP contribution < -0.4 is 4.90 Å². The average molecular weight is 774 g/mol. The topological polar surface area (TPSA) is 16.4 Å². The van der Waals surface area contributed by atoms with Crippen LogP contribution in [0.15, 0.2) is 210 Å². The van der Waals surface area contributed by atoms with Crippen molar-refractivity contribution in [1.29, 1.82) is 0 Å². The van der Waals surface area contributed by atoms with Crippen molar-refractivity contribution in [2.45, 2.75) is 18.8 Å². The lowest BCUT2D eigenvalue weighted by molar-refractivity contribution is 0.666. The van der Waals surface area contributed by atoms with Gasteiger partial charge in [0.25, 0.3) is 0 Å². The van der Waals surface area contributed by atoms with Crippen LogP contribution in [-0.4, -0.2) is 0 Å². The number of hydrogen-bond donors (Lipinski definition) is 0. The van der Waals surface area contributed by atoms with E-state index >= 15 is 0 Å². The van der Waals surface area contributed by atoms with Crippen LogP contribution in [0.2, 0.25) is 0 Å². The number of allylic oxidation sites excluding steroid dienone is 4. The normalized spacial score (nSPS) is 15.5. The van der Waals surface area contributed by atoms with Gasteiger partial charge in [0.05, 0.1) is 15.8 Å². The third-order valence-electron chi connectivity index (χ3n) is 12.7. The molecule has 3 heteroatoms. The van der Waals surface area contributed by atoms with E-state index < -0.39 is 5.41 Å². The Morgan fingerprint density at radius 3 is 2.05 bits per heavy atom. The summed E-state index contributed by atoms with van der Waals surface area (Å²) in [6.45, 7) is 2.30. The van der Waals surface area contributed by atoms with Crippen LogP contribution in [0.3, 0.4) is 0 Å². The van der Waals surface area contributed by atoms with Crippen molar-refractivity contribution >= 4 is 64.8 Å². The maximum atomic E-state index is 6.86. The third kappa shape index (κ3) is 5.18. The van der Waals surface area contributed by atoms with E-state index in [0.717, 1.165) is 45.2 Å². The lowest BCUT2D eigenvalue weighted by Crippen LogP contribution is -2.28. The smallest absolute Gasteiger partial charge is 0.136 e. The fraction of sp³-hybridized carbons (Fsp3) is 0.0714. The second-order valence-corrected chi connectivity index (χ2v) is 17.1. The number of hydrogen-bond acceptors (Lipinski definition) is 3. The molecular weight excluding hydrogens is 735 g/mol. The molecule has 2 aliphatic rings. The highest BCUT2D eigenvalue weighted by Gasteiger charge is 2.46. The minimum atomic E-state index is -0.465. The Labute approximate surface area is 347 Å². The molecule has 280 valence electrons. The van der Waals surface area contributed by atoms with E-state index in [-0.39, 0.29) is 0 Å². The molecule has 0 bridgehead atoms. The van der Waals surface area contributed by atoms with Crippen LogP contribution >= 0.6 is 11.3 Å². The number of thiophene rings is 1. The SMILES string of the molecule is CC1C=CC=C(N(c2ccc(-c3ccc4c(c3)oc3cc5c(cc34)-c3ccccc3C5(c3ccccc3)c3ccccc3)cc2)c2cccc3c2sc2ccccc23)C1. The van der Waals surface area contributed by atoms with Crippen LogP contribution in [0.25, 0.3) is 64.4 Å². The lowest BCUT2D eigenvalue weighted by Gasteiger charge is -2.33. The van der Waals surface area contributed by atoms with Crippen molar-refractivity contribution in [1.82, 2.24) is 0 Å². The minimum Gasteiger partial charge on any atom is -0.456 e. The van der Waals surface area contributed by atoms with Crippen LogP contribution in [0, 0.1) is 5.92 Å². The van der Waals surface area contributed by atoms with Crippen molar-refractivity contribution in [3.05, 3.63) is 228 Å². The highest BCUT2D eigenvalue weighted by molar-refractivity contribution is 7.26. The van der Waals surface area contributed by atoms with Crippen LogP contribution in [0.4, 0.5) is 11.4 Å². The first-order valence-electron chi connectivity index (χ1n) is 20.5. The molecule has 59 heavy (non-hydrogen) atoms. The zero-order chi connectivity index (χ0) is 39.1. The molecule has 0 N–H and O–H groups in total. The lowest BCUT2D eigenvalue weighted by atomic mass is 9.67. The summed E-state index contributed by atoms with van der Waals surface area (Å²) >= 11 is 1.88. The summed E-state index contributed by atoms with van der Waals surface area (Å²) < 4.78 is 9.49. The Bertz CT molecular complexity index is 3270. The second kappa shape index (κ2) is 13.3. The van der Waals surface area contributed by atoms with E-state index in [0.29, 0.717) is 5.92 Å². The average Bonchev–Trinajstić information content (AvgIpc) is 3.95. The predicted octanol–water partition coefficient (Wildman–Crippen LogP) is 15.6. The molecule has 0 saturated heterocycles. The fourth-order valence-electron chi connectivity index (χ4n) is 10.0. The molecule has 10 aromatic rings. The largest absolute Gasteiger partial charge is 0.456 e. The fourth-order valence-corrected chi connectivity index (χ4v) is 11.3. The monoisotopic (exact) mass is 773 g/mol. The predicted molar refractivity (Wildman–Crippen MR) is 249 cm³/mol. The highest BCUT2D eigenvalue weighted by Crippen LogP contribution is 2.57. The van der Waals surface area contributed by atoms with Crippen molar-refractivity contribution in [3.8, 4) is 22.3 Å². The zero-order valence-corrected chi connectivity index (χ0v) is 33.4. The molecule has 0 aliphatic heterocycles. The van der Waals surface area contributed by atoms with Crippen LogP contribution in [0.1, 0.15) is 35.6 Å². The molecule has 0 fully saturated rings. The Balaban J connectivity index is 0.970. The first-order valence-corrected chi connectivity index (χ1v) is 21.4. The standard InChI is InChI=1S/C56H39NOS/c1-36-14-12-19-42(32-36)57(51-24-13-22-46-45-21-9-11-25-54(45)59-55(46)51)41-29-26-37(27-30-41)38-28-31-44-48-34-47-43-20-8-10-23-49(43)56(39-15-4-2-5-16-39,40-17-6-3-7-18-40)50(47)35-53(48)58-52(44)33-38/h2-31,33-36H,32H2,1H3. The van der Waals surface area contributed by atoms with Gasteiger partial charge in [-0.1, -0.05) is 153 Å². The number of anilines is 2. The van der Waals surface area contributed by atoms with E-state index in [1.54, 1.807) is 0 Å². The van der Waals surface area contributed by atoms with Crippen LogP contribution in [0.5, 0.6) is 0 Å². The van der Waals surface area contributed by atoms with Crippen molar-refractivity contribution in [2.24, 2.45) is 5.92 Å². The molecule has 2 heterocycles. The Morgan fingerprint density at radius 1 is 0.559 bits per heavy atom. The van der Waals surface area contributed by atoms with E-state index in [1.807, 2.05) is 11.3 Å². The molecule has 0 radical (unpaired) electrons. The van der Waals surface area contributed by atoms with E-state index in [1.165, 1.54) is 64.9 Å². The molecule has 12 rings (SSSR count). The van der Waals surface area contributed by atoms with Gasteiger partial charge in [0.1, 0.15) is 11.2 Å². The van der Waals surface area contributed by atoms with Gasteiger partial charge in [-0.15, -0.1) is 11.3 Å². The van der Waals surface area contributed by atoms with Gasteiger partial charge in [0.2, 0.25) is 0 Å². The first kappa shape index (κ1) is 34.1. The van der Waals surface area contributed by atoms with Crippen LogP contribution in [-0.2, 0) is 5.41 Å². The summed E-state index contributed by atoms with van der Waals surface area (Å²) in [4.78, 5) is 2.48. The van der Waals surface area contributed by atoms with Gasteiger partial charge in [0.15, 0.2) is 0 Å². The summed E-state index contributed by atoms with van der Waals surface area (Å²) in [5.41, 5.74) is 14.9. The third-order valence-corrected chi connectivity index (χ3v) is 13.9. The molecule has 2 nitrogen and oxygen atoms in total. The Morgan fingerprint density at radius 2 is 1.25 bits per heavy atom. The summed E-state index contributed by atoms with van der Waals surface area (Å²) in [6.07, 6.45) is 7.78. The van der Waals surface area contributed by atoms with E-state index in [4.69, 9.17) is 4.42 Å². The van der Waals surface area contributed by atoms with Gasteiger partial charge < -0.3 is 9.32 Å². The first-order chi connectivity index (χ1) is 29.1. The summed E-state index contributed by atoms with van der Waals surface area (Å²) in [7, 11) is 0. The molecule has 2 aliphatic carbocycles. The Hall–Kier alpha value is -6.94. The number of nitrogens with zero attached hydrogens (tertiary/aromatic N) is 1. The second-order valence-electron chi connectivity index (χ2n) is 16.1. The summed E-state index contributed by atoms with van der Waals surface area (Å²) in [5, 5.41) is 4.90. The van der Waals surface area contributed by atoms with Gasteiger partial charge in [-0.3, -0.25) is 0 Å². The zero-order valence-electron chi connectivity index (χ0n) is 32.6. The number of fused-ring (bicyclic) bond motifs is 9. The van der Waals surface area contributed by atoms with Crippen molar-refractivity contribution in [3.63, 3.8) is 0 Å². The van der Waals surface area contributed by atoms with Gasteiger partial charge in [0, 0.05) is 37.6 Å². The van der Waals surface area contributed by atoms with E-state index in [9.17, 15) is 0 Å². The Kier molecular flexibility index (Phi) is 7.70. The molecule has 1 atom stereocenters. The molecule has 0 saturated carbocycles. The van der Waals surface area contributed by atoms with E-state index in [2.05, 4.69) is 212 Å². The van der Waals surface area contributed by atoms with Gasteiger partial charge >= 0.3 is 0 Å². The summed E-state index contributed by atoms with van der Waals surface area (Å²) in [5.74, 6) is 0.470. The summed E-state index contributed by atoms with van der Waals surface area (Å²) in [6, 6.07) is 66.8. The number of benzene rings is 8. The molecule has 0 amide bonds. The molecule has 8 aromatic carbocycles. The maximum absolute atomic E-state index is 6.86. The molecule has 1 unspecified atom stereocenters. The quantitative estimate of drug-likeness (QED) is 0.167. The van der Waals surface area contributed by atoms with Crippen molar-refractivity contribution in [2.75, 3.05) is 4.90 Å². The molecular formula is C56H39NOS.